The van der Waals surface area contributed by atoms with Gasteiger partial charge in [0.2, 0.25) is 5.91 Å². The molecule has 4 rings (SSSR count). The van der Waals surface area contributed by atoms with Crippen molar-refractivity contribution in [2.75, 3.05) is 0 Å². The zero-order valence-corrected chi connectivity index (χ0v) is 11.8. The van der Waals surface area contributed by atoms with Gasteiger partial charge in [0, 0.05) is 11.8 Å². The van der Waals surface area contributed by atoms with Crippen LogP contribution in [0.25, 0.3) is 0 Å². The van der Waals surface area contributed by atoms with E-state index in [0.717, 1.165) is 0 Å². The molecule has 0 aliphatic heterocycles. The van der Waals surface area contributed by atoms with Crippen molar-refractivity contribution in [2.24, 2.45) is 23.2 Å². The zero-order chi connectivity index (χ0) is 15.6. The normalized spacial score (nSPS) is 38.6. The third kappa shape index (κ3) is 2.16. The molecule has 2 unspecified atom stereocenters. The number of hydrogen-bond donors (Lipinski definition) is 1. The van der Waals surface area contributed by atoms with Gasteiger partial charge < -0.3 is 0 Å². The molecule has 4 fully saturated rings. The highest BCUT2D eigenvalue weighted by Crippen LogP contribution is 2.58. The molecule has 0 heterocycles. The van der Waals surface area contributed by atoms with Crippen molar-refractivity contribution < 1.29 is 31.2 Å². The molecule has 21 heavy (non-hydrogen) atoms. The van der Waals surface area contributed by atoms with Gasteiger partial charge in [-0.1, -0.05) is 0 Å². The molecule has 4 saturated carbocycles. The molecule has 5 nitrogen and oxygen atoms in total. The summed E-state index contributed by atoms with van der Waals surface area (Å²) in [5.41, 5.74) is -6.65. The summed E-state index contributed by atoms with van der Waals surface area (Å²) in [7, 11) is -5.69. The van der Waals surface area contributed by atoms with Crippen LogP contribution in [0.4, 0.5) is 13.2 Å². The standard InChI is InChI=1S/C12H14F3NO4S/c13-12(14,15)21(19,20)16-10(18)11-3-6-1-7(4-11)9(17)8(2-6)5-11/h6-8H,1-5H2,(H,16,18). The van der Waals surface area contributed by atoms with Crippen molar-refractivity contribution in [3.63, 3.8) is 0 Å². The molecule has 0 spiro atoms. The number of alkyl halides is 3. The van der Waals surface area contributed by atoms with E-state index in [1.54, 1.807) is 0 Å². The van der Waals surface area contributed by atoms with E-state index in [-0.39, 0.29) is 36.4 Å². The number of halogens is 3. The summed E-state index contributed by atoms with van der Waals surface area (Å²) in [6.07, 6.45) is 2.02. The topological polar surface area (TPSA) is 80.3 Å². The second-order valence-electron chi connectivity index (χ2n) is 6.41. The molecule has 1 amide bonds. The van der Waals surface area contributed by atoms with E-state index in [4.69, 9.17) is 0 Å². The van der Waals surface area contributed by atoms with Crippen LogP contribution in [-0.2, 0) is 19.6 Å². The fourth-order valence-corrected chi connectivity index (χ4v) is 4.89. The molecule has 118 valence electrons. The van der Waals surface area contributed by atoms with Gasteiger partial charge in [-0.3, -0.25) is 9.59 Å². The minimum atomic E-state index is -5.69. The number of rotatable bonds is 2. The van der Waals surface area contributed by atoms with Crippen LogP contribution in [-0.4, -0.2) is 25.6 Å². The monoisotopic (exact) mass is 325 g/mol. The van der Waals surface area contributed by atoms with Gasteiger partial charge in [-0.05, 0) is 38.0 Å². The third-order valence-corrected chi connectivity index (χ3v) is 6.07. The first-order valence-corrected chi connectivity index (χ1v) is 8.20. The summed E-state index contributed by atoms with van der Waals surface area (Å²) in [4.78, 5) is 24.1. The Kier molecular flexibility index (Phi) is 2.96. The summed E-state index contributed by atoms with van der Waals surface area (Å²) in [5.74, 6) is -1.52. The van der Waals surface area contributed by atoms with Crippen LogP contribution in [0.1, 0.15) is 32.1 Å². The average molecular weight is 325 g/mol. The van der Waals surface area contributed by atoms with E-state index < -0.39 is 26.9 Å². The average Bonchev–Trinajstić information content (AvgIpc) is 2.32. The first-order valence-electron chi connectivity index (χ1n) is 6.71. The smallest absolute Gasteiger partial charge is 0.299 e. The number of Topliss-reactive ketones (excluding diaryl/α,β-unsaturated/α-hetero) is 1. The fourth-order valence-electron chi connectivity index (χ4n) is 4.31. The maximum atomic E-state index is 12.4. The van der Waals surface area contributed by atoms with Crippen molar-refractivity contribution in [1.29, 1.82) is 0 Å². The number of sulfonamides is 1. The van der Waals surface area contributed by atoms with Crippen molar-refractivity contribution >= 4 is 21.7 Å². The van der Waals surface area contributed by atoms with Crippen molar-refractivity contribution in [2.45, 2.75) is 37.6 Å². The number of hydrogen-bond acceptors (Lipinski definition) is 4. The number of nitrogens with one attached hydrogen (secondary N) is 1. The van der Waals surface area contributed by atoms with Crippen LogP contribution < -0.4 is 4.72 Å². The van der Waals surface area contributed by atoms with Crippen molar-refractivity contribution in [3.8, 4) is 0 Å². The number of ketones is 1. The highest BCUT2D eigenvalue weighted by molar-refractivity contribution is 7.90. The Morgan fingerprint density at radius 3 is 2.14 bits per heavy atom. The summed E-state index contributed by atoms with van der Waals surface area (Å²) in [6, 6.07) is 0. The molecule has 4 aliphatic rings. The number of amides is 1. The van der Waals surface area contributed by atoms with Gasteiger partial charge in [0.1, 0.15) is 5.78 Å². The molecule has 0 aromatic rings. The molecule has 0 aromatic heterocycles. The van der Waals surface area contributed by atoms with E-state index in [0.29, 0.717) is 19.3 Å². The van der Waals surface area contributed by atoms with Crippen LogP contribution in [0.15, 0.2) is 0 Å². The Hall–Kier alpha value is -1.12. The predicted octanol–water partition coefficient (Wildman–Crippen LogP) is 1.35. The van der Waals surface area contributed by atoms with Gasteiger partial charge in [0.25, 0.3) is 0 Å². The first-order chi connectivity index (χ1) is 9.54. The lowest BCUT2D eigenvalue weighted by Gasteiger charge is -2.54. The molecular formula is C12H14F3NO4S. The lowest BCUT2D eigenvalue weighted by molar-refractivity contribution is -0.156. The van der Waals surface area contributed by atoms with Crippen LogP contribution in [0, 0.1) is 23.2 Å². The molecule has 1 N–H and O–H groups in total. The second kappa shape index (κ2) is 4.21. The largest absolute Gasteiger partial charge is 0.516 e. The van der Waals surface area contributed by atoms with E-state index in [9.17, 15) is 31.2 Å². The van der Waals surface area contributed by atoms with Gasteiger partial charge in [-0.15, -0.1) is 0 Å². The van der Waals surface area contributed by atoms with Crippen LogP contribution in [0.3, 0.4) is 0 Å². The van der Waals surface area contributed by atoms with E-state index in [1.807, 2.05) is 0 Å². The highest BCUT2D eigenvalue weighted by Gasteiger charge is 2.59. The third-order valence-electron chi connectivity index (χ3n) is 5.01. The number of carbonyl (C=O) groups is 2. The van der Waals surface area contributed by atoms with Crippen LogP contribution >= 0.6 is 0 Å². The maximum absolute atomic E-state index is 12.4. The molecule has 9 heteroatoms. The maximum Gasteiger partial charge on any atom is 0.516 e. The van der Waals surface area contributed by atoms with Crippen molar-refractivity contribution in [1.82, 2.24) is 4.72 Å². The highest BCUT2D eigenvalue weighted by atomic mass is 32.2. The molecule has 0 saturated heterocycles. The summed E-state index contributed by atoms with van der Waals surface area (Å²) < 4.78 is 60.5. The summed E-state index contributed by atoms with van der Waals surface area (Å²) in [5, 5.41) is 0. The van der Waals surface area contributed by atoms with Crippen molar-refractivity contribution in [3.05, 3.63) is 0 Å². The van der Waals surface area contributed by atoms with E-state index in [2.05, 4.69) is 0 Å². The Morgan fingerprint density at radius 2 is 1.67 bits per heavy atom. The number of carbonyl (C=O) groups excluding carboxylic acids is 2. The quantitative estimate of drug-likeness (QED) is 0.831. The second-order valence-corrected chi connectivity index (χ2v) is 8.08. The molecule has 4 aliphatic carbocycles. The van der Waals surface area contributed by atoms with Gasteiger partial charge in [-0.2, -0.15) is 21.6 Å². The molecule has 4 bridgehead atoms. The Morgan fingerprint density at radius 1 is 1.14 bits per heavy atom. The van der Waals surface area contributed by atoms with E-state index >= 15 is 0 Å². The van der Waals surface area contributed by atoms with E-state index in [1.165, 1.54) is 4.72 Å². The molecule has 2 atom stereocenters. The van der Waals surface area contributed by atoms with Gasteiger partial charge in [0.15, 0.2) is 0 Å². The Bertz CT molecular complexity index is 594. The SMILES string of the molecule is O=C1C2CC3CC1CC(C(=O)NS(=O)(=O)C(F)(F)F)(C3)C2. The Balaban J connectivity index is 1.84. The summed E-state index contributed by atoms with van der Waals surface area (Å²) >= 11 is 0. The summed E-state index contributed by atoms with van der Waals surface area (Å²) in [6.45, 7) is 0. The van der Waals surface area contributed by atoms with Gasteiger partial charge >= 0.3 is 15.5 Å². The molecule has 0 aromatic carbocycles. The minimum absolute atomic E-state index is 0.0769. The lowest BCUT2D eigenvalue weighted by atomic mass is 9.49. The first kappa shape index (κ1) is 14.8. The zero-order valence-electron chi connectivity index (χ0n) is 10.9. The minimum Gasteiger partial charge on any atom is -0.299 e. The van der Waals surface area contributed by atoms with Gasteiger partial charge in [-0.25, -0.2) is 4.72 Å². The van der Waals surface area contributed by atoms with Crippen LogP contribution in [0.2, 0.25) is 0 Å². The molecular weight excluding hydrogens is 311 g/mol. The van der Waals surface area contributed by atoms with Crippen LogP contribution in [0.5, 0.6) is 0 Å². The Labute approximate surface area is 119 Å². The lowest BCUT2D eigenvalue weighted by Crippen LogP contribution is -2.58. The predicted molar refractivity (Wildman–Crippen MR) is 64.1 cm³/mol. The van der Waals surface area contributed by atoms with Gasteiger partial charge in [0.05, 0.1) is 5.41 Å². The fraction of sp³-hybridized carbons (Fsp3) is 0.833. The molecule has 0 radical (unpaired) electrons.